The van der Waals surface area contributed by atoms with E-state index < -0.39 is 14.8 Å². The lowest BCUT2D eigenvalue weighted by Crippen LogP contribution is -2.72. The Hall–Kier alpha value is -0.130. The molecule has 4 nitrogen and oxygen atoms in total. The van der Waals surface area contributed by atoms with Gasteiger partial charge in [-0.3, -0.25) is 0 Å². The summed E-state index contributed by atoms with van der Waals surface area (Å²) in [6.07, 6.45) is 3.42. The molecule has 1 aliphatic heterocycles. The smallest absolute Gasteiger partial charge is 0.219 e. The van der Waals surface area contributed by atoms with Crippen molar-refractivity contribution < 1.29 is 13.5 Å². The van der Waals surface area contributed by atoms with Gasteiger partial charge in [0, 0.05) is 13.1 Å². The van der Waals surface area contributed by atoms with Gasteiger partial charge in [0.25, 0.3) is 0 Å². The van der Waals surface area contributed by atoms with E-state index in [1.165, 1.54) is 0 Å². The summed E-state index contributed by atoms with van der Waals surface area (Å²) < 4.78 is 26.0. The fourth-order valence-corrected chi connectivity index (χ4v) is 6.64. The Labute approximate surface area is 96.7 Å². The van der Waals surface area contributed by atoms with Crippen molar-refractivity contribution in [2.45, 2.75) is 49.9 Å². The second-order valence-electron chi connectivity index (χ2n) is 6.16. The lowest BCUT2D eigenvalue weighted by atomic mass is 9.45. The number of sulfonamides is 1. The second kappa shape index (κ2) is 3.00. The maximum atomic E-state index is 12.4. The van der Waals surface area contributed by atoms with Crippen molar-refractivity contribution in [2.75, 3.05) is 13.1 Å². The molecule has 0 aromatic heterocycles. The fraction of sp³-hybridized carbons (Fsp3) is 1.00. The Bertz CT molecular complexity index is 389. The van der Waals surface area contributed by atoms with Gasteiger partial charge in [-0.25, -0.2) is 12.7 Å². The van der Waals surface area contributed by atoms with Gasteiger partial charge in [0.1, 0.15) is 0 Å². The average molecular weight is 245 g/mol. The molecule has 0 aromatic carbocycles. The third-order valence-corrected chi connectivity index (χ3v) is 7.13. The monoisotopic (exact) mass is 245 g/mol. The first-order valence-electron chi connectivity index (χ1n) is 6.05. The first-order chi connectivity index (χ1) is 7.37. The number of aliphatic hydroxyl groups is 1. The SMILES string of the molecule is CC12CC(S(=O)(=O)N3CCC(O)CC3)(C1)C2. The summed E-state index contributed by atoms with van der Waals surface area (Å²) in [6, 6.07) is 0. The maximum Gasteiger partial charge on any atom is 0.219 e. The summed E-state index contributed by atoms with van der Waals surface area (Å²) in [5, 5.41) is 9.40. The molecule has 4 fully saturated rings. The van der Waals surface area contributed by atoms with E-state index in [2.05, 4.69) is 6.92 Å². The molecule has 5 heteroatoms. The predicted octanol–water partition coefficient (Wildman–Crippen LogP) is 0.715. The van der Waals surface area contributed by atoms with Gasteiger partial charge in [-0.1, -0.05) is 6.92 Å². The van der Waals surface area contributed by atoms with E-state index in [-0.39, 0.29) is 6.10 Å². The molecular formula is C11H19NO3S. The zero-order chi connectivity index (χ0) is 11.6. The minimum Gasteiger partial charge on any atom is -0.393 e. The van der Waals surface area contributed by atoms with Crippen LogP contribution in [0.4, 0.5) is 0 Å². The molecule has 0 radical (unpaired) electrons. The summed E-state index contributed by atoms with van der Waals surface area (Å²) in [4.78, 5) is 0. The van der Waals surface area contributed by atoms with Gasteiger partial charge >= 0.3 is 0 Å². The Balaban J connectivity index is 1.75. The van der Waals surface area contributed by atoms with E-state index in [4.69, 9.17) is 0 Å². The summed E-state index contributed by atoms with van der Waals surface area (Å²) in [5.41, 5.74) is 0.322. The lowest BCUT2D eigenvalue weighted by Gasteiger charge is -2.68. The number of hydrogen-bond donors (Lipinski definition) is 1. The van der Waals surface area contributed by atoms with Crippen LogP contribution < -0.4 is 0 Å². The van der Waals surface area contributed by atoms with Crippen molar-refractivity contribution in [3.8, 4) is 0 Å². The minimum atomic E-state index is -3.10. The molecule has 1 N–H and O–H groups in total. The van der Waals surface area contributed by atoms with E-state index in [0.29, 0.717) is 31.3 Å². The number of aliphatic hydroxyl groups excluding tert-OH is 1. The molecule has 2 bridgehead atoms. The van der Waals surface area contributed by atoms with Crippen molar-refractivity contribution in [3.05, 3.63) is 0 Å². The summed E-state index contributed by atoms with van der Waals surface area (Å²) in [5.74, 6) is 0. The van der Waals surface area contributed by atoms with Gasteiger partial charge in [-0.15, -0.1) is 0 Å². The topological polar surface area (TPSA) is 57.6 Å². The van der Waals surface area contributed by atoms with Gasteiger partial charge in [-0.2, -0.15) is 0 Å². The van der Waals surface area contributed by atoms with Crippen LogP contribution in [0.15, 0.2) is 0 Å². The highest BCUT2D eigenvalue weighted by molar-refractivity contribution is 7.90. The molecule has 4 rings (SSSR count). The van der Waals surface area contributed by atoms with Gasteiger partial charge in [0.2, 0.25) is 10.0 Å². The molecule has 0 aromatic rings. The Morgan fingerprint density at radius 3 is 2.12 bits per heavy atom. The van der Waals surface area contributed by atoms with E-state index in [1.807, 2.05) is 0 Å². The highest BCUT2D eigenvalue weighted by Gasteiger charge is 2.72. The zero-order valence-corrected chi connectivity index (χ0v) is 10.5. The van der Waals surface area contributed by atoms with Crippen LogP contribution in [0.5, 0.6) is 0 Å². The van der Waals surface area contributed by atoms with Crippen LogP contribution in [0, 0.1) is 5.41 Å². The first kappa shape index (κ1) is 11.0. The number of hydrogen-bond acceptors (Lipinski definition) is 3. The molecule has 4 aliphatic rings. The van der Waals surface area contributed by atoms with E-state index >= 15 is 0 Å². The largest absolute Gasteiger partial charge is 0.393 e. The van der Waals surface area contributed by atoms with E-state index in [1.54, 1.807) is 4.31 Å². The van der Waals surface area contributed by atoms with Crippen LogP contribution in [0.25, 0.3) is 0 Å². The molecular weight excluding hydrogens is 226 g/mol. The summed E-state index contributed by atoms with van der Waals surface area (Å²) >= 11 is 0. The molecule has 16 heavy (non-hydrogen) atoms. The van der Waals surface area contributed by atoms with Crippen LogP contribution in [0.2, 0.25) is 0 Å². The molecule has 0 spiro atoms. The highest BCUT2D eigenvalue weighted by Crippen LogP contribution is 2.71. The summed E-state index contributed by atoms with van der Waals surface area (Å²) in [6.45, 7) is 3.17. The van der Waals surface area contributed by atoms with Crippen molar-refractivity contribution in [2.24, 2.45) is 5.41 Å². The molecule has 3 aliphatic carbocycles. The van der Waals surface area contributed by atoms with E-state index in [9.17, 15) is 13.5 Å². The zero-order valence-electron chi connectivity index (χ0n) is 9.65. The minimum absolute atomic E-state index is 0.308. The van der Waals surface area contributed by atoms with Crippen LogP contribution in [-0.2, 0) is 10.0 Å². The van der Waals surface area contributed by atoms with Gasteiger partial charge in [0.15, 0.2) is 0 Å². The number of rotatable bonds is 2. The van der Waals surface area contributed by atoms with Gasteiger partial charge < -0.3 is 5.11 Å². The van der Waals surface area contributed by atoms with Crippen LogP contribution in [0.3, 0.4) is 0 Å². The molecule has 1 saturated heterocycles. The number of nitrogens with zero attached hydrogens (tertiary/aromatic N) is 1. The number of piperidine rings is 1. The third-order valence-electron chi connectivity index (χ3n) is 4.56. The van der Waals surface area contributed by atoms with Crippen molar-refractivity contribution in [1.29, 1.82) is 0 Å². The van der Waals surface area contributed by atoms with E-state index in [0.717, 1.165) is 19.3 Å². The van der Waals surface area contributed by atoms with Crippen molar-refractivity contribution in [1.82, 2.24) is 4.31 Å². The Morgan fingerprint density at radius 1 is 1.19 bits per heavy atom. The highest BCUT2D eigenvalue weighted by atomic mass is 32.2. The standard InChI is InChI=1S/C11H19NO3S/c1-10-6-11(7-10,8-10)16(14,15)12-4-2-9(13)3-5-12/h9,13H,2-8H2,1H3. The molecule has 92 valence electrons. The second-order valence-corrected chi connectivity index (χ2v) is 8.49. The average Bonchev–Trinajstić information content (AvgIpc) is 2.12. The van der Waals surface area contributed by atoms with Crippen molar-refractivity contribution in [3.63, 3.8) is 0 Å². The Kier molecular flexibility index (Phi) is 2.06. The maximum absolute atomic E-state index is 12.4. The van der Waals surface area contributed by atoms with Crippen LogP contribution in [0.1, 0.15) is 39.0 Å². The summed E-state index contributed by atoms with van der Waals surface area (Å²) in [7, 11) is -3.10. The van der Waals surface area contributed by atoms with Crippen LogP contribution in [-0.4, -0.2) is 41.8 Å². The third kappa shape index (κ3) is 1.25. The molecule has 0 atom stereocenters. The van der Waals surface area contributed by atoms with Crippen molar-refractivity contribution >= 4 is 10.0 Å². The molecule has 0 unspecified atom stereocenters. The van der Waals surface area contributed by atoms with Gasteiger partial charge in [-0.05, 0) is 37.5 Å². The first-order valence-corrected chi connectivity index (χ1v) is 7.49. The molecule has 0 amide bonds. The molecule has 1 heterocycles. The Morgan fingerprint density at radius 2 is 1.69 bits per heavy atom. The predicted molar refractivity (Wildman–Crippen MR) is 60.4 cm³/mol. The van der Waals surface area contributed by atoms with Gasteiger partial charge in [0.05, 0.1) is 10.9 Å². The normalized spacial score (nSPS) is 44.9. The quantitative estimate of drug-likeness (QED) is 0.779. The molecule has 3 saturated carbocycles. The van der Waals surface area contributed by atoms with Crippen LogP contribution >= 0.6 is 0 Å². The lowest BCUT2D eigenvalue weighted by molar-refractivity contribution is -0.0665. The fourth-order valence-electron chi connectivity index (χ4n) is 3.81.